The molecule has 1 heterocycles. The molecule has 2 rings (SSSR count). The molecule has 15 heavy (non-hydrogen) atoms. The minimum absolute atomic E-state index is 0.178. The number of rotatable bonds is 2. The van der Waals surface area contributed by atoms with Gasteiger partial charge in [-0.25, -0.2) is 4.39 Å². The fourth-order valence-corrected chi connectivity index (χ4v) is 1.39. The third-order valence-electron chi connectivity index (χ3n) is 1.88. The topological polar surface area (TPSA) is 38.9 Å². The SMILES string of the molecule is Cc1cc(F)cc(-c2nc(CCl)no2)c1. The van der Waals surface area contributed by atoms with Crippen LogP contribution in [0.25, 0.3) is 11.5 Å². The minimum Gasteiger partial charge on any atom is -0.334 e. The zero-order chi connectivity index (χ0) is 10.8. The molecule has 78 valence electrons. The summed E-state index contributed by atoms with van der Waals surface area (Å²) in [6.07, 6.45) is 0. The van der Waals surface area contributed by atoms with Gasteiger partial charge in [0.25, 0.3) is 5.89 Å². The second kappa shape index (κ2) is 3.98. The number of hydrogen-bond acceptors (Lipinski definition) is 3. The molecule has 0 spiro atoms. The van der Waals surface area contributed by atoms with Gasteiger partial charge in [-0.3, -0.25) is 0 Å². The van der Waals surface area contributed by atoms with E-state index in [1.165, 1.54) is 12.1 Å². The molecule has 0 radical (unpaired) electrons. The van der Waals surface area contributed by atoms with E-state index in [-0.39, 0.29) is 17.6 Å². The maximum absolute atomic E-state index is 13.1. The van der Waals surface area contributed by atoms with Gasteiger partial charge in [-0.2, -0.15) is 4.98 Å². The number of nitrogens with zero attached hydrogens (tertiary/aromatic N) is 2. The molecule has 1 aromatic carbocycles. The first kappa shape index (κ1) is 10.1. The number of aryl methyl sites for hydroxylation is 1. The normalized spacial score (nSPS) is 10.6. The van der Waals surface area contributed by atoms with E-state index in [2.05, 4.69) is 10.1 Å². The Morgan fingerprint density at radius 3 is 2.80 bits per heavy atom. The van der Waals surface area contributed by atoms with Crippen molar-refractivity contribution in [3.8, 4) is 11.5 Å². The molecular formula is C10H8ClFN2O. The van der Waals surface area contributed by atoms with Gasteiger partial charge in [0.1, 0.15) is 5.82 Å². The minimum atomic E-state index is -0.323. The van der Waals surface area contributed by atoms with Gasteiger partial charge in [0.15, 0.2) is 5.82 Å². The van der Waals surface area contributed by atoms with E-state index in [0.29, 0.717) is 11.4 Å². The summed E-state index contributed by atoms with van der Waals surface area (Å²) in [5, 5.41) is 3.63. The average Bonchev–Trinajstić information content (AvgIpc) is 2.64. The van der Waals surface area contributed by atoms with Crippen LogP contribution in [0.15, 0.2) is 22.7 Å². The number of halogens is 2. The van der Waals surface area contributed by atoms with Crippen molar-refractivity contribution < 1.29 is 8.91 Å². The van der Waals surface area contributed by atoms with Crippen LogP contribution in [0, 0.1) is 12.7 Å². The molecule has 2 aromatic rings. The fraction of sp³-hybridized carbons (Fsp3) is 0.200. The maximum Gasteiger partial charge on any atom is 0.258 e. The highest BCUT2D eigenvalue weighted by atomic mass is 35.5. The average molecular weight is 227 g/mol. The van der Waals surface area contributed by atoms with Crippen LogP contribution in [0.5, 0.6) is 0 Å². The first-order valence-electron chi connectivity index (χ1n) is 4.35. The van der Waals surface area contributed by atoms with Crippen LogP contribution < -0.4 is 0 Å². The van der Waals surface area contributed by atoms with Crippen molar-refractivity contribution in [3.63, 3.8) is 0 Å². The lowest BCUT2D eigenvalue weighted by molar-refractivity contribution is 0.424. The third-order valence-corrected chi connectivity index (χ3v) is 2.12. The van der Waals surface area contributed by atoms with Gasteiger partial charge in [0.05, 0.1) is 5.88 Å². The molecule has 0 unspecified atom stereocenters. The van der Waals surface area contributed by atoms with Crippen LogP contribution in [-0.2, 0) is 5.88 Å². The van der Waals surface area contributed by atoms with Crippen molar-refractivity contribution >= 4 is 11.6 Å². The molecule has 0 N–H and O–H groups in total. The van der Waals surface area contributed by atoms with E-state index >= 15 is 0 Å². The second-order valence-corrected chi connectivity index (χ2v) is 3.43. The first-order chi connectivity index (χ1) is 7.19. The third kappa shape index (κ3) is 2.15. The molecule has 3 nitrogen and oxygen atoms in total. The standard InChI is InChI=1S/C10H8ClFN2O/c1-6-2-7(4-8(12)3-6)10-13-9(5-11)14-15-10/h2-4H,5H2,1H3. The predicted octanol–water partition coefficient (Wildman–Crippen LogP) is 2.92. The Bertz CT molecular complexity index is 464. The Labute approximate surface area is 90.9 Å². The van der Waals surface area contributed by atoms with Gasteiger partial charge in [-0.05, 0) is 30.7 Å². The van der Waals surface area contributed by atoms with Crippen molar-refractivity contribution in [2.45, 2.75) is 12.8 Å². The van der Waals surface area contributed by atoms with Crippen LogP contribution in [-0.4, -0.2) is 10.1 Å². The molecule has 0 aliphatic rings. The molecule has 0 saturated carbocycles. The van der Waals surface area contributed by atoms with E-state index in [9.17, 15) is 4.39 Å². The quantitative estimate of drug-likeness (QED) is 0.739. The largest absolute Gasteiger partial charge is 0.334 e. The number of alkyl halides is 1. The van der Waals surface area contributed by atoms with E-state index < -0.39 is 0 Å². The van der Waals surface area contributed by atoms with Crippen LogP contribution in [0.3, 0.4) is 0 Å². The molecule has 5 heteroatoms. The molecule has 0 bridgehead atoms. The van der Waals surface area contributed by atoms with Crippen molar-refractivity contribution in [2.75, 3.05) is 0 Å². The van der Waals surface area contributed by atoms with Gasteiger partial charge < -0.3 is 4.52 Å². The number of aromatic nitrogens is 2. The lowest BCUT2D eigenvalue weighted by Crippen LogP contribution is -1.84. The van der Waals surface area contributed by atoms with Gasteiger partial charge in [-0.15, -0.1) is 11.6 Å². The van der Waals surface area contributed by atoms with Gasteiger partial charge in [0, 0.05) is 5.56 Å². The van der Waals surface area contributed by atoms with Crippen LogP contribution in [0.1, 0.15) is 11.4 Å². The highest BCUT2D eigenvalue weighted by molar-refractivity contribution is 6.16. The molecule has 0 saturated heterocycles. The summed E-state index contributed by atoms with van der Waals surface area (Å²) >= 11 is 5.53. The fourth-order valence-electron chi connectivity index (χ4n) is 1.29. The molecule has 0 amide bonds. The molecule has 0 atom stereocenters. The Hall–Kier alpha value is -1.42. The summed E-state index contributed by atoms with van der Waals surface area (Å²) < 4.78 is 18.0. The molecule has 0 aliphatic heterocycles. The van der Waals surface area contributed by atoms with Gasteiger partial charge in [-0.1, -0.05) is 5.16 Å². The second-order valence-electron chi connectivity index (χ2n) is 3.17. The summed E-state index contributed by atoms with van der Waals surface area (Å²) in [4.78, 5) is 4.00. The maximum atomic E-state index is 13.1. The van der Waals surface area contributed by atoms with Crippen molar-refractivity contribution in [3.05, 3.63) is 35.4 Å². The van der Waals surface area contributed by atoms with Crippen LogP contribution in [0.4, 0.5) is 4.39 Å². The van der Waals surface area contributed by atoms with Crippen LogP contribution in [0.2, 0.25) is 0 Å². The Morgan fingerprint density at radius 2 is 2.20 bits per heavy atom. The van der Waals surface area contributed by atoms with Gasteiger partial charge in [0.2, 0.25) is 0 Å². The smallest absolute Gasteiger partial charge is 0.258 e. The van der Waals surface area contributed by atoms with Crippen molar-refractivity contribution in [1.82, 2.24) is 10.1 Å². The van der Waals surface area contributed by atoms with E-state index in [4.69, 9.17) is 16.1 Å². The molecule has 0 fully saturated rings. The summed E-state index contributed by atoms with van der Waals surface area (Å²) in [6, 6.07) is 4.55. The Kier molecular flexibility index (Phi) is 2.68. The highest BCUT2D eigenvalue weighted by Crippen LogP contribution is 2.20. The summed E-state index contributed by atoms with van der Waals surface area (Å²) in [5.41, 5.74) is 1.37. The molecule has 1 aromatic heterocycles. The molecule has 0 aliphatic carbocycles. The summed E-state index contributed by atoms with van der Waals surface area (Å²) in [5.74, 6) is 0.537. The summed E-state index contributed by atoms with van der Waals surface area (Å²) in [7, 11) is 0. The van der Waals surface area contributed by atoms with E-state index in [1.54, 1.807) is 13.0 Å². The van der Waals surface area contributed by atoms with Gasteiger partial charge >= 0.3 is 0 Å². The van der Waals surface area contributed by atoms with Crippen LogP contribution >= 0.6 is 11.6 Å². The molecular weight excluding hydrogens is 219 g/mol. The summed E-state index contributed by atoms with van der Waals surface area (Å²) in [6.45, 7) is 1.80. The Morgan fingerprint density at radius 1 is 1.40 bits per heavy atom. The first-order valence-corrected chi connectivity index (χ1v) is 4.88. The Balaban J connectivity index is 2.44. The zero-order valence-corrected chi connectivity index (χ0v) is 8.75. The zero-order valence-electron chi connectivity index (χ0n) is 8.00. The lowest BCUT2D eigenvalue weighted by Gasteiger charge is -1.97. The lowest BCUT2D eigenvalue weighted by atomic mass is 10.1. The highest BCUT2D eigenvalue weighted by Gasteiger charge is 2.09. The van der Waals surface area contributed by atoms with E-state index in [0.717, 1.165) is 5.56 Å². The van der Waals surface area contributed by atoms with E-state index in [1.807, 2.05) is 0 Å². The number of benzene rings is 1. The number of hydrogen-bond donors (Lipinski definition) is 0. The van der Waals surface area contributed by atoms with Crippen molar-refractivity contribution in [1.29, 1.82) is 0 Å². The monoisotopic (exact) mass is 226 g/mol. The predicted molar refractivity (Wildman–Crippen MR) is 54.0 cm³/mol. The van der Waals surface area contributed by atoms with Crippen molar-refractivity contribution in [2.24, 2.45) is 0 Å².